The smallest absolute Gasteiger partial charge is 0.251 e. The van der Waals surface area contributed by atoms with Crippen molar-refractivity contribution in [1.29, 1.82) is 0 Å². The molecule has 0 atom stereocenters. The minimum Gasteiger partial charge on any atom is -0.496 e. The molecule has 0 aliphatic heterocycles. The molecule has 122 valence electrons. The van der Waals surface area contributed by atoms with Crippen LogP contribution in [-0.2, 0) is 6.54 Å². The Hall–Kier alpha value is -2.40. The van der Waals surface area contributed by atoms with Crippen molar-refractivity contribution in [2.45, 2.75) is 6.54 Å². The highest BCUT2D eigenvalue weighted by Crippen LogP contribution is 2.34. The van der Waals surface area contributed by atoms with Gasteiger partial charge >= 0.3 is 0 Å². The number of halogens is 1. The Labute approximate surface area is 140 Å². The van der Waals surface area contributed by atoms with Crippen molar-refractivity contribution < 1.29 is 19.0 Å². The number of benzene rings is 2. The van der Waals surface area contributed by atoms with Crippen LogP contribution in [0.2, 0.25) is 5.02 Å². The second-order valence-electron chi connectivity index (χ2n) is 4.71. The first kappa shape index (κ1) is 17.0. The molecule has 1 N–H and O–H groups in total. The van der Waals surface area contributed by atoms with Crippen LogP contribution >= 0.6 is 11.6 Å². The topological polar surface area (TPSA) is 56.8 Å². The molecule has 0 saturated heterocycles. The number of rotatable bonds is 6. The van der Waals surface area contributed by atoms with Crippen molar-refractivity contribution in [1.82, 2.24) is 5.32 Å². The van der Waals surface area contributed by atoms with E-state index in [0.29, 0.717) is 27.8 Å². The minimum atomic E-state index is -0.218. The first-order valence-electron chi connectivity index (χ1n) is 6.91. The van der Waals surface area contributed by atoms with E-state index < -0.39 is 0 Å². The van der Waals surface area contributed by atoms with Gasteiger partial charge in [0, 0.05) is 28.8 Å². The van der Waals surface area contributed by atoms with Crippen LogP contribution in [0.15, 0.2) is 36.4 Å². The number of hydrogen-bond acceptors (Lipinski definition) is 4. The third kappa shape index (κ3) is 4.07. The number of nitrogens with one attached hydrogen (secondary N) is 1. The predicted octanol–water partition coefficient (Wildman–Crippen LogP) is 3.30. The molecule has 2 aromatic rings. The van der Waals surface area contributed by atoms with Gasteiger partial charge in [0.15, 0.2) is 11.5 Å². The summed E-state index contributed by atoms with van der Waals surface area (Å²) >= 11 is 5.90. The van der Waals surface area contributed by atoms with Crippen LogP contribution in [0.25, 0.3) is 0 Å². The van der Waals surface area contributed by atoms with Crippen LogP contribution in [0.1, 0.15) is 15.9 Å². The Morgan fingerprint density at radius 3 is 2.26 bits per heavy atom. The lowest BCUT2D eigenvalue weighted by atomic mass is 10.1. The first-order chi connectivity index (χ1) is 11.1. The van der Waals surface area contributed by atoms with Gasteiger partial charge in [-0.05, 0) is 24.3 Å². The zero-order chi connectivity index (χ0) is 16.8. The Morgan fingerprint density at radius 1 is 1.00 bits per heavy atom. The number of amides is 1. The van der Waals surface area contributed by atoms with Crippen LogP contribution in [0, 0.1) is 0 Å². The van der Waals surface area contributed by atoms with Gasteiger partial charge in [-0.1, -0.05) is 17.7 Å². The normalized spacial score (nSPS) is 10.1. The quantitative estimate of drug-likeness (QED) is 0.880. The van der Waals surface area contributed by atoms with Crippen LogP contribution in [0.4, 0.5) is 0 Å². The molecule has 0 spiro atoms. The molecular weight excluding hydrogens is 318 g/mol. The first-order valence-corrected chi connectivity index (χ1v) is 7.29. The molecule has 0 aliphatic carbocycles. The zero-order valence-electron chi connectivity index (χ0n) is 13.2. The highest BCUT2D eigenvalue weighted by molar-refractivity contribution is 6.30. The predicted molar refractivity (Wildman–Crippen MR) is 88.7 cm³/mol. The van der Waals surface area contributed by atoms with E-state index in [0.717, 1.165) is 5.56 Å². The molecule has 0 fully saturated rings. The fraction of sp³-hybridized carbons (Fsp3) is 0.235. The molecule has 2 aromatic carbocycles. The number of hydrogen-bond donors (Lipinski definition) is 1. The molecule has 0 heterocycles. The molecule has 1 amide bonds. The Balaban J connectivity index is 2.17. The Bertz CT molecular complexity index is 703. The number of carbonyl (C=O) groups is 1. The molecule has 6 heteroatoms. The van der Waals surface area contributed by atoms with Gasteiger partial charge < -0.3 is 19.5 Å². The van der Waals surface area contributed by atoms with E-state index in [-0.39, 0.29) is 12.5 Å². The third-order valence-electron chi connectivity index (χ3n) is 3.31. The van der Waals surface area contributed by atoms with Gasteiger partial charge in [0.25, 0.3) is 5.91 Å². The average molecular weight is 336 g/mol. The summed E-state index contributed by atoms with van der Waals surface area (Å²) < 4.78 is 15.8. The molecule has 0 unspecified atom stereocenters. The molecule has 0 saturated carbocycles. The monoisotopic (exact) mass is 335 g/mol. The van der Waals surface area contributed by atoms with Crippen molar-refractivity contribution in [3.63, 3.8) is 0 Å². The van der Waals surface area contributed by atoms with Crippen LogP contribution in [0.3, 0.4) is 0 Å². The fourth-order valence-electron chi connectivity index (χ4n) is 2.14. The summed E-state index contributed by atoms with van der Waals surface area (Å²) in [6.45, 7) is 0.287. The van der Waals surface area contributed by atoms with E-state index in [4.69, 9.17) is 25.8 Å². The standard InChI is InChI=1S/C17H18ClNO4/c1-21-14-9-16(23-3)15(22-2)8-12(14)10-19-17(20)11-5-4-6-13(18)7-11/h4-9H,10H2,1-3H3,(H,19,20). The molecule has 5 nitrogen and oxygen atoms in total. The summed E-state index contributed by atoms with van der Waals surface area (Å²) in [5, 5.41) is 3.35. The molecule has 23 heavy (non-hydrogen) atoms. The van der Waals surface area contributed by atoms with Crippen molar-refractivity contribution >= 4 is 17.5 Å². The highest BCUT2D eigenvalue weighted by atomic mass is 35.5. The van der Waals surface area contributed by atoms with E-state index in [1.165, 1.54) is 0 Å². The highest BCUT2D eigenvalue weighted by Gasteiger charge is 2.13. The van der Waals surface area contributed by atoms with Gasteiger partial charge in [0.1, 0.15) is 5.75 Å². The second kappa shape index (κ2) is 7.74. The Kier molecular flexibility index (Phi) is 5.71. The SMILES string of the molecule is COc1cc(OC)c(OC)cc1CNC(=O)c1cccc(Cl)c1. The average Bonchev–Trinajstić information content (AvgIpc) is 2.58. The molecular formula is C17H18ClNO4. The number of ether oxygens (including phenoxy) is 3. The molecule has 2 rings (SSSR count). The van der Waals surface area contributed by atoms with Crippen molar-refractivity contribution in [3.8, 4) is 17.2 Å². The summed E-state index contributed by atoms with van der Waals surface area (Å²) in [5.74, 6) is 1.52. The number of carbonyl (C=O) groups excluding carboxylic acids is 1. The summed E-state index contributed by atoms with van der Waals surface area (Å²) in [6, 6.07) is 10.3. The maximum absolute atomic E-state index is 12.2. The summed E-state index contributed by atoms with van der Waals surface area (Å²) in [4.78, 5) is 12.2. The summed E-state index contributed by atoms with van der Waals surface area (Å²) in [6.07, 6.45) is 0. The second-order valence-corrected chi connectivity index (χ2v) is 5.15. The van der Waals surface area contributed by atoms with E-state index in [1.807, 2.05) is 0 Å². The largest absolute Gasteiger partial charge is 0.496 e. The van der Waals surface area contributed by atoms with Crippen LogP contribution < -0.4 is 19.5 Å². The van der Waals surface area contributed by atoms with Crippen molar-refractivity contribution in [2.75, 3.05) is 21.3 Å². The Morgan fingerprint density at radius 2 is 1.65 bits per heavy atom. The molecule has 0 aromatic heterocycles. The lowest BCUT2D eigenvalue weighted by Crippen LogP contribution is -2.23. The lowest BCUT2D eigenvalue weighted by Gasteiger charge is -2.14. The van der Waals surface area contributed by atoms with E-state index in [9.17, 15) is 4.79 Å². The van der Waals surface area contributed by atoms with Gasteiger partial charge in [0.2, 0.25) is 0 Å². The van der Waals surface area contributed by atoms with Gasteiger partial charge in [-0.2, -0.15) is 0 Å². The van der Waals surface area contributed by atoms with E-state index >= 15 is 0 Å². The maximum atomic E-state index is 12.2. The van der Waals surface area contributed by atoms with Crippen LogP contribution in [0.5, 0.6) is 17.2 Å². The van der Waals surface area contributed by atoms with Crippen molar-refractivity contribution in [2.24, 2.45) is 0 Å². The van der Waals surface area contributed by atoms with E-state index in [2.05, 4.69) is 5.32 Å². The summed E-state index contributed by atoms with van der Waals surface area (Å²) in [5.41, 5.74) is 1.28. The summed E-state index contributed by atoms with van der Waals surface area (Å²) in [7, 11) is 4.67. The van der Waals surface area contributed by atoms with Gasteiger partial charge in [0.05, 0.1) is 21.3 Å². The lowest BCUT2D eigenvalue weighted by molar-refractivity contribution is 0.0950. The van der Waals surface area contributed by atoms with Gasteiger partial charge in [-0.15, -0.1) is 0 Å². The number of methoxy groups -OCH3 is 3. The molecule has 0 bridgehead atoms. The van der Waals surface area contributed by atoms with Crippen molar-refractivity contribution in [3.05, 3.63) is 52.5 Å². The van der Waals surface area contributed by atoms with E-state index in [1.54, 1.807) is 57.7 Å². The van der Waals surface area contributed by atoms with Crippen LogP contribution in [-0.4, -0.2) is 27.2 Å². The third-order valence-corrected chi connectivity index (χ3v) is 3.55. The molecule has 0 radical (unpaired) electrons. The van der Waals surface area contributed by atoms with Gasteiger partial charge in [-0.25, -0.2) is 0 Å². The fourth-order valence-corrected chi connectivity index (χ4v) is 2.33. The molecule has 0 aliphatic rings. The minimum absolute atomic E-state index is 0.218. The maximum Gasteiger partial charge on any atom is 0.251 e. The van der Waals surface area contributed by atoms with Gasteiger partial charge in [-0.3, -0.25) is 4.79 Å². The zero-order valence-corrected chi connectivity index (χ0v) is 13.9.